The molecule has 0 amide bonds. The van der Waals surface area contributed by atoms with E-state index in [0.29, 0.717) is 23.8 Å². The molecule has 0 spiro atoms. The van der Waals surface area contributed by atoms with E-state index in [4.69, 9.17) is 15.2 Å². The molecule has 1 atom stereocenters. The van der Waals surface area contributed by atoms with Gasteiger partial charge in [0.05, 0.1) is 18.8 Å². The summed E-state index contributed by atoms with van der Waals surface area (Å²) in [6, 6.07) is 13.5. The zero-order valence-corrected chi connectivity index (χ0v) is 18.0. The molecule has 1 aromatic carbocycles. The van der Waals surface area contributed by atoms with E-state index in [1.54, 1.807) is 11.8 Å². The van der Waals surface area contributed by atoms with Crippen LogP contribution in [0.3, 0.4) is 0 Å². The highest BCUT2D eigenvalue weighted by Crippen LogP contribution is 2.34. The number of nitrogen functional groups attached to an aromatic ring is 1. The van der Waals surface area contributed by atoms with E-state index >= 15 is 0 Å². The number of methoxy groups -OCH3 is 1. The van der Waals surface area contributed by atoms with Gasteiger partial charge in [-0.15, -0.1) is 9.38 Å². The fraction of sp³-hybridized carbons (Fsp3) is 0.304. The molecule has 0 saturated carbocycles. The lowest BCUT2D eigenvalue weighted by molar-refractivity contribution is -0.516. The first-order chi connectivity index (χ1) is 15.5. The number of fused-ring (bicyclic) bond motifs is 1. The summed E-state index contributed by atoms with van der Waals surface area (Å²) in [5, 5.41) is 3.27. The largest absolute Gasteiger partial charge is 0.481 e. The lowest BCUT2D eigenvalue weighted by Crippen LogP contribution is -2.45. The van der Waals surface area contributed by atoms with Crippen LogP contribution in [-0.4, -0.2) is 39.6 Å². The highest BCUT2D eigenvalue weighted by Gasteiger charge is 2.28. The standard InChI is InChI=1S/C23H24N6O3/c1-14-11-16(12-18(25-14)31-2)19-20(15-7-4-3-5-8-15)26-22(24)29-21(19)27-28(23(29)30)13-17-9-6-10-32-17/h3-5,7-8,11-12,17H,6,9-10,13H2,1-2H3,(H2,24,25,26,27)/p+1/t17-/m1/s1. The third-order valence-electron chi connectivity index (χ3n) is 5.70. The van der Waals surface area contributed by atoms with Crippen LogP contribution in [0.2, 0.25) is 0 Å². The molecule has 3 aromatic heterocycles. The summed E-state index contributed by atoms with van der Waals surface area (Å²) in [6.45, 7) is 3.04. The predicted molar refractivity (Wildman–Crippen MR) is 119 cm³/mol. The van der Waals surface area contributed by atoms with Crippen molar-refractivity contribution in [3.63, 3.8) is 0 Å². The first-order valence-corrected chi connectivity index (χ1v) is 10.6. The second-order valence-electron chi connectivity index (χ2n) is 7.92. The molecule has 0 unspecified atom stereocenters. The van der Waals surface area contributed by atoms with Crippen LogP contribution in [0.4, 0.5) is 5.95 Å². The third-order valence-corrected chi connectivity index (χ3v) is 5.70. The first kappa shape index (κ1) is 20.2. The van der Waals surface area contributed by atoms with E-state index in [0.717, 1.165) is 41.8 Å². The summed E-state index contributed by atoms with van der Waals surface area (Å²) < 4.78 is 14.1. The highest BCUT2D eigenvalue weighted by atomic mass is 16.5. The number of ether oxygens (including phenoxy) is 2. The van der Waals surface area contributed by atoms with Crippen LogP contribution in [0, 0.1) is 6.92 Å². The third kappa shape index (κ3) is 3.50. The van der Waals surface area contributed by atoms with Crippen LogP contribution < -0.4 is 20.6 Å². The summed E-state index contributed by atoms with van der Waals surface area (Å²) in [6.07, 6.45) is 1.91. The van der Waals surface area contributed by atoms with Crippen molar-refractivity contribution in [2.75, 3.05) is 19.5 Å². The number of hydrogen-bond acceptors (Lipinski definition) is 6. The molecular weight excluding hydrogens is 408 g/mol. The number of nitrogens with two attached hydrogens (primary N) is 1. The summed E-state index contributed by atoms with van der Waals surface area (Å²) in [5.74, 6) is 0.600. The maximum absolute atomic E-state index is 13.2. The molecule has 4 aromatic rings. The average molecular weight is 433 g/mol. The number of pyridine rings is 1. The van der Waals surface area contributed by atoms with Crippen molar-refractivity contribution in [3.8, 4) is 28.3 Å². The van der Waals surface area contributed by atoms with Crippen molar-refractivity contribution in [1.82, 2.24) is 19.7 Å². The van der Waals surface area contributed by atoms with Crippen molar-refractivity contribution >= 4 is 11.6 Å². The molecular formula is C23H25N6O3+. The van der Waals surface area contributed by atoms with E-state index in [2.05, 4.69) is 15.1 Å². The second kappa shape index (κ2) is 8.08. The fourth-order valence-corrected chi connectivity index (χ4v) is 4.24. The van der Waals surface area contributed by atoms with Crippen molar-refractivity contribution in [1.29, 1.82) is 0 Å². The molecule has 0 aliphatic carbocycles. The number of hydrogen-bond donors (Lipinski definition) is 2. The number of nitrogens with zero attached hydrogens (tertiary/aromatic N) is 4. The van der Waals surface area contributed by atoms with Gasteiger partial charge in [-0.05, 0) is 31.4 Å². The molecule has 32 heavy (non-hydrogen) atoms. The van der Waals surface area contributed by atoms with Gasteiger partial charge in [-0.2, -0.15) is 4.68 Å². The minimum Gasteiger partial charge on any atom is -0.481 e. The van der Waals surface area contributed by atoms with Crippen molar-refractivity contribution < 1.29 is 13.9 Å². The summed E-state index contributed by atoms with van der Waals surface area (Å²) >= 11 is 0. The molecule has 3 N–H and O–H groups in total. The molecule has 9 nitrogen and oxygen atoms in total. The molecule has 5 rings (SSSR count). The second-order valence-corrected chi connectivity index (χ2v) is 7.92. The van der Waals surface area contributed by atoms with Gasteiger partial charge >= 0.3 is 11.6 Å². The van der Waals surface area contributed by atoms with Crippen LogP contribution in [0.1, 0.15) is 18.5 Å². The highest BCUT2D eigenvalue weighted by molar-refractivity contribution is 5.88. The Balaban J connectivity index is 1.81. The van der Waals surface area contributed by atoms with Gasteiger partial charge < -0.3 is 15.2 Å². The van der Waals surface area contributed by atoms with E-state index in [1.807, 2.05) is 49.4 Å². The molecule has 0 bridgehead atoms. The van der Waals surface area contributed by atoms with Gasteiger partial charge in [-0.1, -0.05) is 30.3 Å². The fourth-order valence-electron chi connectivity index (χ4n) is 4.24. The molecule has 1 fully saturated rings. The van der Waals surface area contributed by atoms with Crippen molar-refractivity contribution in [3.05, 3.63) is 58.6 Å². The zero-order chi connectivity index (χ0) is 22.2. The van der Waals surface area contributed by atoms with Gasteiger partial charge in [-0.25, -0.2) is 14.9 Å². The van der Waals surface area contributed by atoms with Gasteiger partial charge in [0.2, 0.25) is 11.5 Å². The topological polar surface area (TPSA) is 112 Å². The Labute approximate surface area is 184 Å². The SMILES string of the molecule is COc1cc(-c2c(-c3ccccc3)nc(N)[n+]3c(=O)n(C[C@H]4CCCO4)[nH]c23)cc(C)n1. The lowest BCUT2D eigenvalue weighted by atomic mass is 10.00. The summed E-state index contributed by atoms with van der Waals surface area (Å²) in [4.78, 5) is 22.3. The van der Waals surface area contributed by atoms with E-state index in [1.165, 1.54) is 4.40 Å². The predicted octanol–water partition coefficient (Wildman–Crippen LogP) is 2.12. The Morgan fingerprint density at radius 1 is 1.25 bits per heavy atom. The number of aromatic nitrogens is 5. The number of nitrogens with one attached hydrogen (secondary N) is 1. The molecule has 1 aliphatic rings. The van der Waals surface area contributed by atoms with Crippen LogP contribution in [0.15, 0.2) is 47.3 Å². The quantitative estimate of drug-likeness (QED) is 0.466. The number of aromatic amines is 1. The molecule has 4 heterocycles. The Morgan fingerprint density at radius 3 is 2.78 bits per heavy atom. The maximum atomic E-state index is 13.2. The van der Waals surface area contributed by atoms with E-state index < -0.39 is 0 Å². The van der Waals surface area contributed by atoms with Crippen LogP contribution in [0.25, 0.3) is 28.0 Å². The van der Waals surface area contributed by atoms with Gasteiger partial charge in [0.15, 0.2) is 0 Å². The van der Waals surface area contributed by atoms with Crippen LogP contribution in [-0.2, 0) is 11.3 Å². The van der Waals surface area contributed by atoms with Gasteiger partial charge in [0.25, 0.3) is 0 Å². The van der Waals surface area contributed by atoms with Gasteiger partial charge in [0, 0.05) is 23.9 Å². The number of anilines is 1. The molecule has 1 saturated heterocycles. The summed E-state index contributed by atoms with van der Waals surface area (Å²) in [7, 11) is 1.58. The van der Waals surface area contributed by atoms with Crippen LogP contribution >= 0.6 is 0 Å². The molecule has 164 valence electrons. The Morgan fingerprint density at radius 2 is 2.06 bits per heavy atom. The van der Waals surface area contributed by atoms with E-state index in [9.17, 15) is 4.79 Å². The molecule has 0 radical (unpaired) electrons. The lowest BCUT2D eigenvalue weighted by Gasteiger charge is -2.10. The Hall–Kier alpha value is -3.72. The minimum atomic E-state index is -0.279. The summed E-state index contributed by atoms with van der Waals surface area (Å²) in [5.41, 5.74) is 10.5. The number of benzene rings is 1. The van der Waals surface area contributed by atoms with Gasteiger partial charge in [-0.3, -0.25) is 0 Å². The normalized spacial score (nSPS) is 16.0. The van der Waals surface area contributed by atoms with Gasteiger partial charge in [0.1, 0.15) is 12.2 Å². The zero-order valence-electron chi connectivity index (χ0n) is 18.0. The Bertz CT molecular complexity index is 1340. The Kier molecular flexibility index (Phi) is 5.10. The number of H-pyrrole nitrogens is 1. The van der Waals surface area contributed by atoms with Crippen LogP contribution in [0.5, 0.6) is 5.88 Å². The number of aryl methyl sites for hydroxylation is 1. The number of rotatable bonds is 5. The minimum absolute atomic E-state index is 0.00384. The van der Waals surface area contributed by atoms with Crippen molar-refractivity contribution in [2.45, 2.75) is 32.4 Å². The van der Waals surface area contributed by atoms with Crippen molar-refractivity contribution in [2.24, 2.45) is 0 Å². The monoisotopic (exact) mass is 433 g/mol. The van der Waals surface area contributed by atoms with E-state index in [-0.39, 0.29) is 17.7 Å². The molecule has 1 aliphatic heterocycles. The maximum Gasteiger partial charge on any atom is 0.428 e. The first-order valence-electron chi connectivity index (χ1n) is 10.6. The average Bonchev–Trinajstić information content (AvgIpc) is 3.42. The molecule has 9 heteroatoms. The smallest absolute Gasteiger partial charge is 0.428 e.